The third kappa shape index (κ3) is 5.50. The molecule has 0 aromatic heterocycles. The molecule has 0 saturated heterocycles. The van der Waals surface area contributed by atoms with Crippen molar-refractivity contribution in [1.82, 2.24) is 0 Å². The van der Waals surface area contributed by atoms with E-state index in [0.29, 0.717) is 22.8 Å². The van der Waals surface area contributed by atoms with Gasteiger partial charge in [-0.15, -0.1) is 0 Å². The number of phenolic OH excluding ortho intramolecular Hbond substituents is 1. The molecule has 0 aliphatic carbocycles. The number of amides is 1. The Hall–Kier alpha value is -3.55. The average Bonchev–Trinajstić information content (AvgIpc) is 2.61. The van der Waals surface area contributed by atoms with E-state index in [2.05, 4.69) is 15.8 Å². The van der Waals surface area contributed by atoms with Crippen LogP contribution in [0.5, 0.6) is 5.75 Å². The van der Waals surface area contributed by atoms with Gasteiger partial charge in [-0.1, -0.05) is 17.7 Å². The van der Waals surface area contributed by atoms with Crippen LogP contribution in [0.3, 0.4) is 0 Å². The first kappa shape index (κ1) is 22.7. The van der Waals surface area contributed by atoms with Crippen LogP contribution in [0.15, 0.2) is 46.4 Å². The summed E-state index contributed by atoms with van der Waals surface area (Å²) >= 11 is 5.84. The van der Waals surface area contributed by atoms with Crippen molar-refractivity contribution in [3.8, 4) is 5.75 Å². The predicted molar refractivity (Wildman–Crippen MR) is 108 cm³/mol. The van der Waals surface area contributed by atoms with E-state index in [1.54, 1.807) is 18.2 Å². The van der Waals surface area contributed by atoms with E-state index in [-0.39, 0.29) is 11.4 Å². The Bertz CT molecular complexity index is 1180. The van der Waals surface area contributed by atoms with Crippen molar-refractivity contribution in [1.29, 1.82) is 0 Å². The summed E-state index contributed by atoms with van der Waals surface area (Å²) in [4.78, 5) is 21.5. The number of rotatable bonds is 7. The molecule has 6 N–H and O–H groups in total. The Morgan fingerprint density at radius 2 is 1.97 bits per heavy atom. The normalized spacial score (nSPS) is 11.6. The van der Waals surface area contributed by atoms with E-state index in [9.17, 15) is 28.4 Å². The van der Waals surface area contributed by atoms with E-state index in [1.807, 2.05) is 0 Å². The van der Waals surface area contributed by atoms with Gasteiger partial charge in [0.15, 0.2) is 0 Å². The van der Waals surface area contributed by atoms with Crippen LogP contribution in [-0.4, -0.2) is 40.3 Å². The highest BCUT2D eigenvalue weighted by molar-refractivity contribution is 7.85. The summed E-state index contributed by atoms with van der Waals surface area (Å²) in [5.41, 5.74) is 0.467. The fourth-order valence-corrected chi connectivity index (χ4v) is 2.88. The highest BCUT2D eigenvalue weighted by atomic mass is 35.5. The minimum Gasteiger partial charge on any atom is -0.501 e. The fraction of sp³-hybridized carbons (Fsp3) is 0.0625. The van der Waals surface area contributed by atoms with Crippen LogP contribution in [0.1, 0.15) is 6.92 Å². The zero-order valence-electron chi connectivity index (χ0n) is 15.2. The standard InChI is InChI=1S/C16H14ClN5O7S/c1-8(18)14(16(24)19-10-4-2-3-9(17)5-10)21-20-12-6-11(30(27,28)29)7-13(15(12)23)22(25)26/h2-7,18,20,23H,1H3,(H,19,24)(H,27,28,29)/p+1. The van der Waals surface area contributed by atoms with Gasteiger partial charge in [0.25, 0.3) is 16.0 Å². The van der Waals surface area contributed by atoms with Crippen molar-refractivity contribution in [2.45, 2.75) is 11.8 Å². The molecule has 14 heteroatoms. The number of halogens is 1. The number of hydrazone groups is 1. The van der Waals surface area contributed by atoms with E-state index >= 15 is 0 Å². The van der Waals surface area contributed by atoms with Crippen molar-refractivity contribution in [2.24, 2.45) is 5.10 Å². The zero-order valence-corrected chi connectivity index (χ0v) is 16.7. The van der Waals surface area contributed by atoms with Gasteiger partial charge in [0.05, 0.1) is 4.92 Å². The molecule has 12 nitrogen and oxygen atoms in total. The maximum Gasteiger partial charge on any atom is 0.314 e. The molecular formula is C16H15ClN5O7S+. The summed E-state index contributed by atoms with van der Waals surface area (Å²) in [6, 6.07) is 7.34. The summed E-state index contributed by atoms with van der Waals surface area (Å²) in [7, 11) is -4.84. The molecule has 0 saturated carbocycles. The zero-order chi connectivity index (χ0) is 22.6. The second kappa shape index (κ2) is 8.86. The molecule has 0 bridgehead atoms. The van der Waals surface area contributed by atoms with E-state index < -0.39 is 43.0 Å². The topological polar surface area (TPSA) is 197 Å². The lowest BCUT2D eigenvalue weighted by atomic mass is 10.2. The Labute approximate surface area is 174 Å². The van der Waals surface area contributed by atoms with Crippen LogP contribution >= 0.6 is 11.6 Å². The van der Waals surface area contributed by atoms with Crippen molar-refractivity contribution in [2.75, 3.05) is 10.7 Å². The number of carbonyl (C=O) groups excluding carboxylic acids is 1. The van der Waals surface area contributed by atoms with E-state index in [0.717, 1.165) is 0 Å². The maximum atomic E-state index is 12.4. The molecule has 2 rings (SSSR count). The van der Waals surface area contributed by atoms with Crippen LogP contribution in [0, 0.1) is 10.1 Å². The van der Waals surface area contributed by atoms with Gasteiger partial charge in [-0.2, -0.15) is 13.5 Å². The molecular weight excluding hydrogens is 442 g/mol. The second-order valence-corrected chi connectivity index (χ2v) is 7.65. The summed E-state index contributed by atoms with van der Waals surface area (Å²) in [5, 5.41) is 33.2. The minimum atomic E-state index is -4.84. The molecule has 0 aliphatic rings. The number of phenols is 1. The van der Waals surface area contributed by atoms with Crippen molar-refractivity contribution in [3.05, 3.63) is 51.5 Å². The first-order valence-electron chi connectivity index (χ1n) is 7.89. The number of hydrogen-bond acceptors (Lipinski definition) is 8. The molecule has 30 heavy (non-hydrogen) atoms. The van der Waals surface area contributed by atoms with Gasteiger partial charge >= 0.3 is 5.69 Å². The highest BCUT2D eigenvalue weighted by Crippen LogP contribution is 2.36. The van der Waals surface area contributed by atoms with Gasteiger partial charge < -0.3 is 10.4 Å². The molecule has 0 aliphatic heterocycles. The van der Waals surface area contributed by atoms with Gasteiger partial charge in [0.1, 0.15) is 10.6 Å². The summed E-state index contributed by atoms with van der Waals surface area (Å²) in [5.74, 6) is -1.76. The number of aromatic hydroxyl groups is 1. The Morgan fingerprint density at radius 1 is 1.30 bits per heavy atom. The molecule has 0 radical (unpaired) electrons. The number of nitro benzene ring substituents is 1. The van der Waals surface area contributed by atoms with E-state index in [4.69, 9.17) is 21.6 Å². The third-order valence-corrected chi connectivity index (χ3v) is 4.58. The first-order chi connectivity index (χ1) is 13.9. The Kier molecular flexibility index (Phi) is 6.71. The summed E-state index contributed by atoms with van der Waals surface area (Å²) < 4.78 is 31.8. The Morgan fingerprint density at radius 3 is 2.50 bits per heavy atom. The molecule has 0 heterocycles. The molecule has 0 unspecified atom stereocenters. The second-order valence-electron chi connectivity index (χ2n) is 5.79. The number of nitro groups is 1. The van der Waals surface area contributed by atoms with Gasteiger partial charge in [0.2, 0.25) is 17.2 Å². The smallest absolute Gasteiger partial charge is 0.314 e. The first-order valence-corrected chi connectivity index (χ1v) is 9.71. The monoisotopic (exact) mass is 456 g/mol. The van der Waals surface area contributed by atoms with Gasteiger partial charge in [-0.25, -0.2) is 0 Å². The molecule has 0 fully saturated rings. The molecule has 158 valence electrons. The Balaban J connectivity index is 2.43. The van der Waals surface area contributed by atoms with Crippen molar-refractivity contribution in [3.63, 3.8) is 0 Å². The number of nitrogens with zero attached hydrogens (tertiary/aromatic N) is 2. The lowest BCUT2D eigenvalue weighted by Crippen LogP contribution is -2.47. The fourth-order valence-electron chi connectivity index (χ4n) is 2.16. The summed E-state index contributed by atoms with van der Waals surface area (Å²) in [6.07, 6.45) is 0. The van der Waals surface area contributed by atoms with Crippen LogP contribution in [-0.2, 0) is 14.9 Å². The van der Waals surface area contributed by atoms with Crippen LogP contribution < -0.4 is 16.2 Å². The lowest BCUT2D eigenvalue weighted by Gasteiger charge is -2.09. The number of hydrogen-bond donors (Lipinski definition) is 5. The van der Waals surface area contributed by atoms with Crippen LogP contribution in [0.2, 0.25) is 5.02 Å². The predicted octanol–water partition coefficient (Wildman–Crippen LogP) is 0.827. The van der Waals surface area contributed by atoms with Gasteiger partial charge in [-0.05, 0) is 24.3 Å². The number of nitrogens with two attached hydrogens (primary N) is 1. The maximum absolute atomic E-state index is 12.4. The number of benzene rings is 2. The van der Waals surface area contributed by atoms with Crippen LogP contribution in [0.25, 0.3) is 0 Å². The van der Waals surface area contributed by atoms with Crippen molar-refractivity contribution >= 4 is 56.1 Å². The largest absolute Gasteiger partial charge is 0.501 e. The molecule has 0 atom stereocenters. The van der Waals surface area contributed by atoms with E-state index in [1.165, 1.54) is 13.0 Å². The average molecular weight is 457 g/mol. The summed E-state index contributed by atoms with van der Waals surface area (Å²) in [6.45, 7) is 1.34. The quantitative estimate of drug-likeness (QED) is 0.133. The highest BCUT2D eigenvalue weighted by Gasteiger charge is 2.25. The van der Waals surface area contributed by atoms with Gasteiger partial charge in [-0.3, -0.25) is 30.3 Å². The van der Waals surface area contributed by atoms with Gasteiger partial charge in [0, 0.05) is 23.7 Å². The molecule has 1 amide bonds. The number of nitrogens with one attached hydrogen (secondary N) is 2. The number of carbonyl (C=O) groups is 1. The number of anilines is 2. The molecule has 2 aromatic rings. The molecule has 2 aromatic carbocycles. The van der Waals surface area contributed by atoms with Crippen molar-refractivity contribution < 1.29 is 33.2 Å². The lowest BCUT2D eigenvalue weighted by molar-refractivity contribution is -0.386. The third-order valence-electron chi connectivity index (χ3n) is 3.52. The minimum absolute atomic E-state index is 0.0676. The SMILES string of the molecule is CC(=[NH2+])C(=NNc1cc(S(=O)(=O)O)cc([N+](=O)[O-])c1O)C(=O)Nc1cccc(Cl)c1. The molecule has 0 spiro atoms. The van der Waals surface area contributed by atoms with Crippen LogP contribution in [0.4, 0.5) is 17.1 Å².